The van der Waals surface area contributed by atoms with Gasteiger partial charge in [-0.15, -0.1) is 0 Å². The van der Waals surface area contributed by atoms with Gasteiger partial charge in [-0.1, -0.05) is 162 Å². The number of likely N-dealkylation sites (N-methyl/N-ethyl adjacent to an activating group) is 1. The van der Waals surface area contributed by atoms with E-state index in [4.69, 9.17) is 18.5 Å². The van der Waals surface area contributed by atoms with E-state index in [2.05, 4.69) is 13.8 Å². The smallest absolute Gasteiger partial charge is 0.309 e. The van der Waals surface area contributed by atoms with E-state index in [1.165, 1.54) is 122 Å². The first-order valence-corrected chi connectivity index (χ1v) is 21.2. The van der Waals surface area contributed by atoms with Crippen molar-refractivity contribution in [1.29, 1.82) is 0 Å². The maximum absolute atomic E-state index is 12.9. The Morgan fingerprint density at radius 2 is 1.04 bits per heavy atom. The van der Waals surface area contributed by atoms with E-state index in [1.54, 1.807) is 0 Å². The molecule has 0 bridgehead atoms. The summed E-state index contributed by atoms with van der Waals surface area (Å²) in [6.45, 7) is 7.28. The van der Waals surface area contributed by atoms with Gasteiger partial charge in [0.05, 0.1) is 40.3 Å². The summed E-state index contributed by atoms with van der Waals surface area (Å²) < 4.78 is 34.7. The molecule has 0 aromatic carbocycles. The minimum Gasteiger partial charge on any atom is -0.756 e. The number of carbonyl (C=O) groups is 1. The van der Waals surface area contributed by atoms with Gasteiger partial charge in [-0.25, -0.2) is 0 Å². The highest BCUT2D eigenvalue weighted by molar-refractivity contribution is 7.45. The number of phosphoric ester groups is 1. The van der Waals surface area contributed by atoms with Crippen LogP contribution in [0.2, 0.25) is 0 Å². The molecule has 9 heteroatoms. The van der Waals surface area contributed by atoms with Crippen molar-refractivity contribution in [2.24, 2.45) is 5.92 Å². The molecule has 0 fully saturated rings. The van der Waals surface area contributed by atoms with Crippen LogP contribution >= 0.6 is 7.82 Å². The highest BCUT2D eigenvalue weighted by Crippen LogP contribution is 2.38. The van der Waals surface area contributed by atoms with E-state index in [0.717, 1.165) is 32.1 Å². The van der Waals surface area contributed by atoms with E-state index in [9.17, 15) is 14.3 Å². The number of phosphoric acid groups is 1. The van der Waals surface area contributed by atoms with E-state index >= 15 is 0 Å². The van der Waals surface area contributed by atoms with Gasteiger partial charge in [-0.2, -0.15) is 0 Å². The van der Waals surface area contributed by atoms with Crippen molar-refractivity contribution in [1.82, 2.24) is 0 Å². The van der Waals surface area contributed by atoms with Crippen LogP contribution in [-0.2, 0) is 27.9 Å². The average Bonchev–Trinajstić information content (AvgIpc) is 3.01. The van der Waals surface area contributed by atoms with Crippen LogP contribution in [0.5, 0.6) is 0 Å². The Labute approximate surface area is 291 Å². The Morgan fingerprint density at radius 1 is 0.617 bits per heavy atom. The Hall–Kier alpha value is -0.500. The van der Waals surface area contributed by atoms with Crippen LogP contribution in [0.15, 0.2) is 0 Å². The van der Waals surface area contributed by atoms with Crippen molar-refractivity contribution in [3.63, 3.8) is 0 Å². The molecule has 0 N–H and O–H groups in total. The normalized spacial score (nSPS) is 14.6. The molecule has 0 aromatic heterocycles. The Balaban J connectivity index is 4.38. The maximum atomic E-state index is 12.9. The molecule has 3 atom stereocenters. The number of esters is 1. The first kappa shape index (κ1) is 46.5. The van der Waals surface area contributed by atoms with Crippen molar-refractivity contribution in [2.75, 3.05) is 54.1 Å². The fraction of sp³-hybridized carbons (Fsp3) is 0.974. The first-order chi connectivity index (χ1) is 22.5. The third-order valence-electron chi connectivity index (χ3n) is 8.80. The molecule has 0 amide bonds. The molecule has 0 saturated heterocycles. The summed E-state index contributed by atoms with van der Waals surface area (Å²) in [5, 5.41) is 0. The summed E-state index contributed by atoms with van der Waals surface area (Å²) in [6, 6.07) is 0. The molecule has 0 aliphatic rings. The number of nitrogens with zero attached hydrogens (tertiary/aromatic N) is 1. The van der Waals surface area contributed by atoms with E-state index in [-0.39, 0.29) is 31.7 Å². The number of unbranched alkanes of at least 4 members (excludes halogenated alkanes) is 21. The van der Waals surface area contributed by atoms with Crippen LogP contribution in [0.4, 0.5) is 0 Å². The van der Waals surface area contributed by atoms with Gasteiger partial charge >= 0.3 is 5.97 Å². The van der Waals surface area contributed by atoms with E-state index < -0.39 is 13.9 Å². The summed E-state index contributed by atoms with van der Waals surface area (Å²) in [5.74, 6) is -0.586. The SMILES string of the molecule is CCCCCCCCCCCCCCCCOC[C@H](COP(=O)([O-])OCC[N+](C)(C)C)OC(=O)[C@H](C)CCCCCCCCCCC. The van der Waals surface area contributed by atoms with Crippen molar-refractivity contribution in [3.8, 4) is 0 Å². The van der Waals surface area contributed by atoms with Gasteiger partial charge < -0.3 is 27.9 Å². The lowest BCUT2D eigenvalue weighted by Crippen LogP contribution is -2.37. The number of ether oxygens (including phenoxy) is 2. The summed E-state index contributed by atoms with van der Waals surface area (Å²) in [5.41, 5.74) is 0. The lowest BCUT2D eigenvalue weighted by atomic mass is 10.0. The van der Waals surface area contributed by atoms with Crippen LogP contribution in [0.1, 0.15) is 175 Å². The maximum Gasteiger partial charge on any atom is 0.309 e. The molecule has 47 heavy (non-hydrogen) atoms. The number of hydrogen-bond acceptors (Lipinski definition) is 7. The van der Waals surface area contributed by atoms with Gasteiger partial charge in [0.25, 0.3) is 7.82 Å². The molecule has 0 radical (unpaired) electrons. The second-order valence-electron chi connectivity index (χ2n) is 14.8. The molecule has 0 heterocycles. The molecular weight excluding hydrogens is 613 g/mol. The van der Waals surface area contributed by atoms with Gasteiger partial charge in [0.1, 0.15) is 19.3 Å². The van der Waals surface area contributed by atoms with Gasteiger partial charge in [0, 0.05) is 6.61 Å². The molecule has 0 aliphatic carbocycles. The summed E-state index contributed by atoms with van der Waals surface area (Å²) in [4.78, 5) is 25.2. The quantitative estimate of drug-likeness (QED) is 0.0279. The lowest BCUT2D eigenvalue weighted by molar-refractivity contribution is -0.870. The Morgan fingerprint density at radius 3 is 1.49 bits per heavy atom. The Bertz CT molecular complexity index is 746. The second-order valence-corrected chi connectivity index (χ2v) is 16.2. The second kappa shape index (κ2) is 31.5. The third-order valence-corrected chi connectivity index (χ3v) is 9.77. The third kappa shape index (κ3) is 33.8. The summed E-state index contributed by atoms with van der Waals surface area (Å²) in [6.07, 6.45) is 29.2. The Kier molecular flexibility index (Phi) is 31.1. The zero-order valence-electron chi connectivity index (χ0n) is 31.9. The number of carbonyl (C=O) groups excluding carboxylic acids is 1. The van der Waals surface area contributed by atoms with Crippen molar-refractivity contribution < 1.29 is 37.3 Å². The predicted octanol–water partition coefficient (Wildman–Crippen LogP) is 10.2. The molecule has 1 unspecified atom stereocenters. The van der Waals surface area contributed by atoms with Gasteiger partial charge in [0.15, 0.2) is 0 Å². The van der Waals surface area contributed by atoms with Crippen LogP contribution in [0, 0.1) is 5.92 Å². The summed E-state index contributed by atoms with van der Waals surface area (Å²) >= 11 is 0. The number of quaternary nitrogens is 1. The highest BCUT2D eigenvalue weighted by atomic mass is 31.2. The number of rotatable bonds is 36. The molecule has 0 rings (SSSR count). The molecular formula is C38H78NO7P. The first-order valence-electron chi connectivity index (χ1n) is 19.7. The monoisotopic (exact) mass is 692 g/mol. The van der Waals surface area contributed by atoms with Crippen molar-refractivity contribution in [3.05, 3.63) is 0 Å². The van der Waals surface area contributed by atoms with E-state index in [1.807, 2.05) is 28.1 Å². The largest absolute Gasteiger partial charge is 0.756 e. The molecule has 8 nitrogen and oxygen atoms in total. The van der Waals surface area contributed by atoms with Gasteiger partial charge in [-0.3, -0.25) is 9.36 Å². The average molecular weight is 692 g/mol. The van der Waals surface area contributed by atoms with Gasteiger partial charge in [0.2, 0.25) is 0 Å². The van der Waals surface area contributed by atoms with Crippen LogP contribution in [-0.4, -0.2) is 70.7 Å². The minimum atomic E-state index is -4.52. The van der Waals surface area contributed by atoms with Gasteiger partial charge in [-0.05, 0) is 12.8 Å². The van der Waals surface area contributed by atoms with Crippen molar-refractivity contribution in [2.45, 2.75) is 181 Å². The van der Waals surface area contributed by atoms with E-state index in [0.29, 0.717) is 17.6 Å². The van der Waals surface area contributed by atoms with Crippen LogP contribution in [0.25, 0.3) is 0 Å². The molecule has 0 aliphatic heterocycles. The zero-order chi connectivity index (χ0) is 35.1. The van der Waals surface area contributed by atoms with Crippen molar-refractivity contribution >= 4 is 13.8 Å². The fourth-order valence-electron chi connectivity index (χ4n) is 5.53. The fourth-order valence-corrected chi connectivity index (χ4v) is 6.26. The van der Waals surface area contributed by atoms with Crippen LogP contribution < -0.4 is 4.89 Å². The molecule has 0 spiro atoms. The zero-order valence-corrected chi connectivity index (χ0v) is 32.8. The highest BCUT2D eigenvalue weighted by Gasteiger charge is 2.23. The molecule has 282 valence electrons. The summed E-state index contributed by atoms with van der Waals surface area (Å²) in [7, 11) is 1.36. The minimum absolute atomic E-state index is 0.0279. The number of hydrogen-bond donors (Lipinski definition) is 0. The standard InChI is InChI=1S/C38H78NO7P/c1-7-9-11-13-15-17-18-19-20-21-23-25-27-29-32-43-34-37(35-45-47(41,42)44-33-31-39(4,5)6)46-38(40)36(3)30-28-26-24-22-16-14-12-10-8-2/h36-37H,7-35H2,1-6H3/t36-,37-/m1/s1. The lowest BCUT2D eigenvalue weighted by Gasteiger charge is -2.28. The van der Waals surface area contributed by atoms with Crippen LogP contribution in [0.3, 0.4) is 0 Å². The molecule has 0 aromatic rings. The predicted molar refractivity (Wildman–Crippen MR) is 194 cm³/mol. The topological polar surface area (TPSA) is 94.1 Å². The molecule has 0 saturated carbocycles.